The summed E-state index contributed by atoms with van der Waals surface area (Å²) in [4.78, 5) is 0. The number of aryl methyl sites for hydroxylation is 1. The molecule has 0 aliphatic rings. The summed E-state index contributed by atoms with van der Waals surface area (Å²) < 4.78 is 5.60. The van der Waals surface area contributed by atoms with Crippen LogP contribution in [0.15, 0.2) is 18.2 Å². The van der Waals surface area contributed by atoms with Crippen LogP contribution in [-0.2, 0) is 0 Å². The summed E-state index contributed by atoms with van der Waals surface area (Å²) in [6, 6.07) is 7.53. The van der Waals surface area contributed by atoms with Gasteiger partial charge in [-0.3, -0.25) is 0 Å². The van der Waals surface area contributed by atoms with Crippen molar-refractivity contribution in [3.8, 4) is 11.8 Å². The second-order valence-electron chi connectivity index (χ2n) is 3.74. The van der Waals surface area contributed by atoms with Crippen LogP contribution in [-0.4, -0.2) is 13.2 Å². The standard InChI is InChI=1S/C12H16N2O/c1-9(6-13)8-15-12-5-11(7-14)4-3-10(12)2/h3-5,9H,6,8,13H2,1-2H3. The highest BCUT2D eigenvalue weighted by Gasteiger charge is 2.04. The molecule has 0 heterocycles. The van der Waals surface area contributed by atoms with E-state index in [1.165, 1.54) is 0 Å². The highest BCUT2D eigenvalue weighted by Crippen LogP contribution is 2.19. The Morgan fingerprint density at radius 1 is 1.53 bits per heavy atom. The van der Waals surface area contributed by atoms with Crippen molar-refractivity contribution in [1.29, 1.82) is 5.26 Å². The average Bonchev–Trinajstić information content (AvgIpc) is 2.27. The number of nitrogens with zero attached hydrogens (tertiary/aromatic N) is 1. The van der Waals surface area contributed by atoms with Crippen LogP contribution in [0, 0.1) is 24.2 Å². The average molecular weight is 204 g/mol. The van der Waals surface area contributed by atoms with Crippen molar-refractivity contribution < 1.29 is 4.74 Å². The lowest BCUT2D eigenvalue weighted by molar-refractivity contribution is 0.262. The van der Waals surface area contributed by atoms with Gasteiger partial charge in [0.2, 0.25) is 0 Å². The van der Waals surface area contributed by atoms with Crippen molar-refractivity contribution in [3.05, 3.63) is 29.3 Å². The van der Waals surface area contributed by atoms with Gasteiger partial charge in [0.05, 0.1) is 18.2 Å². The molecule has 0 saturated heterocycles. The molecule has 0 saturated carbocycles. The Hall–Kier alpha value is -1.53. The number of ether oxygens (including phenoxy) is 1. The summed E-state index contributed by atoms with van der Waals surface area (Å²) in [6.07, 6.45) is 0. The van der Waals surface area contributed by atoms with Crippen LogP contribution in [0.1, 0.15) is 18.1 Å². The summed E-state index contributed by atoms with van der Waals surface area (Å²) in [5.41, 5.74) is 7.16. The molecule has 1 unspecified atom stereocenters. The Morgan fingerprint density at radius 2 is 2.27 bits per heavy atom. The molecule has 0 radical (unpaired) electrons. The second-order valence-corrected chi connectivity index (χ2v) is 3.74. The molecule has 0 amide bonds. The third-order valence-corrected chi connectivity index (χ3v) is 2.24. The Bertz CT molecular complexity index is 368. The zero-order chi connectivity index (χ0) is 11.3. The molecule has 0 spiro atoms. The zero-order valence-electron chi connectivity index (χ0n) is 9.16. The molecular weight excluding hydrogens is 188 g/mol. The third-order valence-electron chi connectivity index (χ3n) is 2.24. The van der Waals surface area contributed by atoms with E-state index in [1.54, 1.807) is 12.1 Å². The Kier molecular flexibility index (Phi) is 4.14. The maximum Gasteiger partial charge on any atom is 0.123 e. The summed E-state index contributed by atoms with van der Waals surface area (Å²) in [7, 11) is 0. The first-order valence-electron chi connectivity index (χ1n) is 5.01. The van der Waals surface area contributed by atoms with E-state index in [0.717, 1.165) is 11.3 Å². The molecule has 3 heteroatoms. The molecule has 15 heavy (non-hydrogen) atoms. The van der Waals surface area contributed by atoms with E-state index < -0.39 is 0 Å². The highest BCUT2D eigenvalue weighted by atomic mass is 16.5. The lowest BCUT2D eigenvalue weighted by Gasteiger charge is -2.12. The van der Waals surface area contributed by atoms with Gasteiger partial charge in [0.25, 0.3) is 0 Å². The van der Waals surface area contributed by atoms with Crippen molar-refractivity contribution >= 4 is 0 Å². The van der Waals surface area contributed by atoms with Gasteiger partial charge < -0.3 is 10.5 Å². The number of benzene rings is 1. The molecule has 3 nitrogen and oxygen atoms in total. The van der Waals surface area contributed by atoms with E-state index in [-0.39, 0.29) is 0 Å². The minimum Gasteiger partial charge on any atom is -0.493 e. The molecule has 0 aliphatic carbocycles. The molecule has 0 aromatic heterocycles. The van der Waals surface area contributed by atoms with Gasteiger partial charge in [-0.1, -0.05) is 13.0 Å². The Balaban J connectivity index is 2.72. The van der Waals surface area contributed by atoms with Gasteiger partial charge in [-0.15, -0.1) is 0 Å². The van der Waals surface area contributed by atoms with E-state index in [9.17, 15) is 0 Å². The fourth-order valence-corrected chi connectivity index (χ4v) is 1.13. The van der Waals surface area contributed by atoms with Crippen LogP contribution < -0.4 is 10.5 Å². The summed E-state index contributed by atoms with van der Waals surface area (Å²) in [6.45, 7) is 5.19. The minimum absolute atomic E-state index is 0.329. The fraction of sp³-hybridized carbons (Fsp3) is 0.417. The van der Waals surface area contributed by atoms with Crippen LogP contribution >= 0.6 is 0 Å². The first-order valence-corrected chi connectivity index (χ1v) is 5.01. The van der Waals surface area contributed by atoms with Crippen molar-refractivity contribution in [2.45, 2.75) is 13.8 Å². The predicted octanol–water partition coefficient (Wildman–Crippen LogP) is 1.84. The summed E-state index contributed by atoms with van der Waals surface area (Å²) >= 11 is 0. The molecule has 0 aliphatic heterocycles. The number of nitriles is 1. The predicted molar refractivity (Wildman–Crippen MR) is 59.6 cm³/mol. The normalized spacial score (nSPS) is 11.9. The minimum atomic E-state index is 0.329. The van der Waals surface area contributed by atoms with Crippen molar-refractivity contribution in [1.82, 2.24) is 0 Å². The van der Waals surface area contributed by atoms with E-state index in [1.807, 2.05) is 19.9 Å². The Labute approximate surface area is 90.5 Å². The first kappa shape index (κ1) is 11.5. The van der Waals surface area contributed by atoms with Gasteiger partial charge in [-0.05, 0) is 31.2 Å². The summed E-state index contributed by atoms with van der Waals surface area (Å²) in [5.74, 6) is 1.10. The lowest BCUT2D eigenvalue weighted by Crippen LogP contribution is -2.18. The molecule has 1 aromatic carbocycles. The maximum absolute atomic E-state index is 8.75. The van der Waals surface area contributed by atoms with Gasteiger partial charge in [-0.25, -0.2) is 0 Å². The largest absolute Gasteiger partial charge is 0.493 e. The van der Waals surface area contributed by atoms with Crippen molar-refractivity contribution in [3.63, 3.8) is 0 Å². The van der Waals surface area contributed by atoms with Crippen LogP contribution in [0.5, 0.6) is 5.75 Å². The molecule has 2 N–H and O–H groups in total. The second kappa shape index (κ2) is 5.38. The number of hydrogen-bond acceptors (Lipinski definition) is 3. The van der Waals surface area contributed by atoms with E-state index in [4.69, 9.17) is 15.7 Å². The van der Waals surface area contributed by atoms with Gasteiger partial charge in [-0.2, -0.15) is 5.26 Å². The van der Waals surface area contributed by atoms with Crippen molar-refractivity contribution in [2.75, 3.05) is 13.2 Å². The molecule has 80 valence electrons. The van der Waals surface area contributed by atoms with Crippen LogP contribution in [0.4, 0.5) is 0 Å². The smallest absolute Gasteiger partial charge is 0.123 e. The Morgan fingerprint density at radius 3 is 2.87 bits per heavy atom. The topological polar surface area (TPSA) is 59.0 Å². The van der Waals surface area contributed by atoms with Crippen molar-refractivity contribution in [2.24, 2.45) is 11.7 Å². The SMILES string of the molecule is Cc1ccc(C#N)cc1OCC(C)CN. The first-order chi connectivity index (χ1) is 7.17. The van der Waals surface area contributed by atoms with Crippen LogP contribution in [0.25, 0.3) is 0 Å². The van der Waals surface area contributed by atoms with Crippen LogP contribution in [0.3, 0.4) is 0 Å². The molecule has 1 atom stereocenters. The van der Waals surface area contributed by atoms with Crippen LogP contribution in [0.2, 0.25) is 0 Å². The highest BCUT2D eigenvalue weighted by molar-refractivity contribution is 5.41. The zero-order valence-corrected chi connectivity index (χ0v) is 9.16. The van der Waals surface area contributed by atoms with E-state index in [0.29, 0.717) is 24.6 Å². The van der Waals surface area contributed by atoms with E-state index in [2.05, 4.69) is 6.07 Å². The number of nitrogens with two attached hydrogens (primary N) is 1. The molecule has 1 aromatic rings. The molecule has 0 fully saturated rings. The summed E-state index contributed by atoms with van der Waals surface area (Å²) in [5, 5.41) is 8.75. The monoisotopic (exact) mass is 204 g/mol. The van der Waals surface area contributed by atoms with Gasteiger partial charge in [0.1, 0.15) is 5.75 Å². The van der Waals surface area contributed by atoms with E-state index >= 15 is 0 Å². The third kappa shape index (κ3) is 3.26. The van der Waals surface area contributed by atoms with Gasteiger partial charge >= 0.3 is 0 Å². The molecule has 1 rings (SSSR count). The molecular formula is C12H16N2O. The molecule has 0 bridgehead atoms. The number of rotatable bonds is 4. The van der Waals surface area contributed by atoms with Gasteiger partial charge in [0.15, 0.2) is 0 Å². The van der Waals surface area contributed by atoms with Gasteiger partial charge in [0, 0.05) is 5.92 Å². The quantitative estimate of drug-likeness (QED) is 0.814. The lowest BCUT2D eigenvalue weighted by atomic mass is 10.1. The number of hydrogen-bond donors (Lipinski definition) is 1. The maximum atomic E-state index is 8.75. The fourth-order valence-electron chi connectivity index (χ4n) is 1.13.